The number of nitro groups is 1. The van der Waals surface area contributed by atoms with Gasteiger partial charge in [0.25, 0.3) is 5.69 Å². The Labute approximate surface area is 151 Å². The average molecular weight is 384 g/mol. The minimum Gasteiger partial charge on any atom is -0.330 e. The highest BCUT2D eigenvalue weighted by Gasteiger charge is 2.27. The summed E-state index contributed by atoms with van der Waals surface area (Å²) in [5.41, 5.74) is 6.07. The van der Waals surface area contributed by atoms with Crippen LogP contribution in [0.4, 0.5) is 5.69 Å². The van der Waals surface area contributed by atoms with Gasteiger partial charge >= 0.3 is 0 Å². The second-order valence-electron chi connectivity index (χ2n) is 5.34. The Balaban J connectivity index is 2.38. The van der Waals surface area contributed by atoms with Crippen LogP contribution in [0.2, 0.25) is 5.02 Å². The number of non-ortho nitro benzene ring substituents is 1. The van der Waals surface area contributed by atoms with Gasteiger partial charge in [0.05, 0.1) is 9.95 Å². The molecule has 7 nitrogen and oxygen atoms in total. The highest BCUT2D eigenvalue weighted by Crippen LogP contribution is 2.29. The third-order valence-electron chi connectivity index (χ3n) is 3.56. The third kappa shape index (κ3) is 4.76. The molecule has 0 bridgehead atoms. The largest absolute Gasteiger partial charge is 0.330 e. The quantitative estimate of drug-likeness (QED) is 0.557. The lowest BCUT2D eigenvalue weighted by molar-refractivity contribution is -0.384. The van der Waals surface area contributed by atoms with E-state index in [1.165, 1.54) is 4.31 Å². The Hall–Kier alpha value is -2.00. The number of nitro benzene ring substituents is 1. The zero-order chi connectivity index (χ0) is 18.4. The normalized spacial score (nSPS) is 11.6. The number of nitrogens with two attached hydrogens (primary N) is 1. The van der Waals surface area contributed by atoms with Gasteiger partial charge in [0.15, 0.2) is 0 Å². The Morgan fingerprint density at radius 3 is 2.40 bits per heavy atom. The van der Waals surface area contributed by atoms with E-state index in [0.29, 0.717) is 13.0 Å². The van der Waals surface area contributed by atoms with Gasteiger partial charge in [0.1, 0.15) is 4.90 Å². The molecule has 0 unspecified atom stereocenters. The van der Waals surface area contributed by atoms with E-state index < -0.39 is 14.9 Å². The van der Waals surface area contributed by atoms with Crippen LogP contribution in [0.15, 0.2) is 53.4 Å². The molecule has 2 N–H and O–H groups in total. The van der Waals surface area contributed by atoms with Crippen LogP contribution in [-0.4, -0.2) is 30.7 Å². The van der Waals surface area contributed by atoms with Crippen molar-refractivity contribution < 1.29 is 13.3 Å². The Morgan fingerprint density at radius 1 is 1.16 bits per heavy atom. The van der Waals surface area contributed by atoms with Gasteiger partial charge < -0.3 is 5.73 Å². The highest BCUT2D eigenvalue weighted by molar-refractivity contribution is 7.89. The highest BCUT2D eigenvalue weighted by atomic mass is 35.5. The summed E-state index contributed by atoms with van der Waals surface area (Å²) >= 11 is 6.00. The van der Waals surface area contributed by atoms with Crippen molar-refractivity contribution in [2.45, 2.75) is 17.9 Å². The number of rotatable bonds is 8. The zero-order valence-electron chi connectivity index (χ0n) is 13.3. The van der Waals surface area contributed by atoms with E-state index in [1.54, 1.807) is 0 Å². The van der Waals surface area contributed by atoms with Crippen LogP contribution >= 0.6 is 11.6 Å². The summed E-state index contributed by atoms with van der Waals surface area (Å²) in [4.78, 5) is 10.0. The van der Waals surface area contributed by atoms with Crippen molar-refractivity contribution in [3.8, 4) is 0 Å². The molecule has 0 saturated carbocycles. The standard InChI is InChI=1S/C16H18ClN3O4S/c17-15-11-14(20(21)22)7-8-16(15)25(23,24)19(10-4-9-18)12-13-5-2-1-3-6-13/h1-3,5-8,11H,4,9-10,12,18H2. The summed E-state index contributed by atoms with van der Waals surface area (Å²) in [7, 11) is -3.92. The van der Waals surface area contributed by atoms with Crippen molar-refractivity contribution in [3.05, 3.63) is 69.2 Å². The molecule has 0 aliphatic heterocycles. The number of hydrogen-bond acceptors (Lipinski definition) is 5. The van der Waals surface area contributed by atoms with E-state index in [1.807, 2.05) is 30.3 Å². The molecule has 0 radical (unpaired) electrons. The van der Waals surface area contributed by atoms with Crippen molar-refractivity contribution in [3.63, 3.8) is 0 Å². The molecule has 0 heterocycles. The van der Waals surface area contributed by atoms with Gasteiger partial charge in [-0.15, -0.1) is 0 Å². The topological polar surface area (TPSA) is 107 Å². The second kappa shape index (κ2) is 8.39. The van der Waals surface area contributed by atoms with Crippen LogP contribution in [-0.2, 0) is 16.6 Å². The molecule has 0 fully saturated rings. The van der Waals surface area contributed by atoms with E-state index in [-0.39, 0.29) is 28.7 Å². The molecule has 0 aliphatic carbocycles. The van der Waals surface area contributed by atoms with Crippen LogP contribution in [0.5, 0.6) is 0 Å². The zero-order valence-corrected chi connectivity index (χ0v) is 14.9. The van der Waals surface area contributed by atoms with Crippen molar-refractivity contribution in [1.29, 1.82) is 0 Å². The molecule has 0 atom stereocenters. The Bertz CT molecular complexity index is 844. The smallest absolute Gasteiger partial charge is 0.271 e. The molecule has 25 heavy (non-hydrogen) atoms. The molecule has 0 saturated heterocycles. The lowest BCUT2D eigenvalue weighted by Gasteiger charge is -2.22. The maximum atomic E-state index is 13.0. The van der Waals surface area contributed by atoms with E-state index in [9.17, 15) is 18.5 Å². The summed E-state index contributed by atoms with van der Waals surface area (Å²) in [6.07, 6.45) is 0.483. The van der Waals surface area contributed by atoms with Crippen LogP contribution in [0, 0.1) is 10.1 Å². The molecule has 2 rings (SSSR count). The van der Waals surface area contributed by atoms with Crippen molar-refractivity contribution >= 4 is 27.3 Å². The predicted molar refractivity (Wildman–Crippen MR) is 95.8 cm³/mol. The van der Waals surface area contributed by atoms with Crippen LogP contribution < -0.4 is 5.73 Å². The molecule has 2 aromatic carbocycles. The molecule has 0 aromatic heterocycles. The number of nitrogens with zero attached hydrogens (tertiary/aromatic N) is 2. The number of benzene rings is 2. The van der Waals surface area contributed by atoms with Crippen LogP contribution in [0.1, 0.15) is 12.0 Å². The number of hydrogen-bond donors (Lipinski definition) is 1. The Kier molecular flexibility index (Phi) is 6.49. The summed E-state index contributed by atoms with van der Waals surface area (Å²) in [5.74, 6) is 0. The van der Waals surface area contributed by atoms with E-state index >= 15 is 0 Å². The first-order valence-electron chi connectivity index (χ1n) is 7.54. The molecule has 9 heteroatoms. The number of halogens is 1. The van der Waals surface area contributed by atoms with E-state index in [0.717, 1.165) is 23.8 Å². The summed E-state index contributed by atoms with van der Waals surface area (Å²) in [6, 6.07) is 12.5. The lowest BCUT2D eigenvalue weighted by Crippen LogP contribution is -2.32. The summed E-state index contributed by atoms with van der Waals surface area (Å²) < 4.78 is 27.2. The monoisotopic (exact) mass is 383 g/mol. The first kappa shape index (κ1) is 19.3. The molecule has 0 spiro atoms. The van der Waals surface area contributed by atoms with Gasteiger partial charge in [0, 0.05) is 25.2 Å². The van der Waals surface area contributed by atoms with E-state index in [2.05, 4.69) is 0 Å². The fourth-order valence-electron chi connectivity index (χ4n) is 2.29. The minimum atomic E-state index is -3.92. The first-order valence-corrected chi connectivity index (χ1v) is 9.36. The van der Waals surface area contributed by atoms with Gasteiger partial charge in [0.2, 0.25) is 10.0 Å². The fourth-order valence-corrected chi connectivity index (χ4v) is 4.27. The Morgan fingerprint density at radius 2 is 1.84 bits per heavy atom. The van der Waals surface area contributed by atoms with E-state index in [4.69, 9.17) is 17.3 Å². The maximum Gasteiger partial charge on any atom is 0.271 e. The van der Waals surface area contributed by atoms with Gasteiger partial charge in [-0.2, -0.15) is 4.31 Å². The predicted octanol–water partition coefficient (Wildman–Crippen LogP) is 2.79. The lowest BCUT2D eigenvalue weighted by atomic mass is 10.2. The van der Waals surface area contributed by atoms with Gasteiger partial charge in [-0.05, 0) is 24.6 Å². The van der Waals surface area contributed by atoms with Gasteiger partial charge in [-0.3, -0.25) is 10.1 Å². The maximum absolute atomic E-state index is 13.0. The minimum absolute atomic E-state index is 0.160. The van der Waals surface area contributed by atoms with Crippen LogP contribution in [0.3, 0.4) is 0 Å². The van der Waals surface area contributed by atoms with Gasteiger partial charge in [-0.1, -0.05) is 41.9 Å². The SMILES string of the molecule is NCCCN(Cc1ccccc1)S(=O)(=O)c1ccc([N+](=O)[O-])cc1Cl. The molecular formula is C16H18ClN3O4S. The summed E-state index contributed by atoms with van der Waals surface area (Å²) in [6.45, 7) is 0.729. The van der Waals surface area contributed by atoms with Crippen LogP contribution in [0.25, 0.3) is 0 Å². The van der Waals surface area contributed by atoms with Crippen molar-refractivity contribution in [1.82, 2.24) is 4.31 Å². The second-order valence-corrected chi connectivity index (χ2v) is 7.65. The molecule has 134 valence electrons. The average Bonchev–Trinajstić information content (AvgIpc) is 2.58. The molecular weight excluding hydrogens is 366 g/mol. The first-order chi connectivity index (χ1) is 11.9. The van der Waals surface area contributed by atoms with Crippen molar-refractivity contribution in [2.75, 3.05) is 13.1 Å². The fraction of sp³-hybridized carbons (Fsp3) is 0.250. The van der Waals surface area contributed by atoms with Crippen molar-refractivity contribution in [2.24, 2.45) is 5.73 Å². The third-order valence-corrected chi connectivity index (χ3v) is 5.89. The molecule has 2 aromatic rings. The number of sulfonamides is 1. The summed E-state index contributed by atoms with van der Waals surface area (Å²) in [5, 5.41) is 10.6. The van der Waals surface area contributed by atoms with Gasteiger partial charge in [-0.25, -0.2) is 8.42 Å². The molecule has 0 aliphatic rings. The molecule has 0 amide bonds.